The molecule has 0 aromatic carbocycles. The van der Waals surface area contributed by atoms with Crippen LogP contribution in [0.15, 0.2) is 0 Å². The van der Waals surface area contributed by atoms with Gasteiger partial charge in [0.2, 0.25) is 0 Å². The first-order chi connectivity index (χ1) is 6.10. The van der Waals surface area contributed by atoms with Crippen LogP contribution in [0.25, 0.3) is 0 Å². The second-order valence-electron chi connectivity index (χ2n) is 5.44. The maximum Gasteiger partial charge on any atom is 0.175 e. The molecule has 0 aromatic rings. The molecule has 0 radical (unpaired) electrons. The van der Waals surface area contributed by atoms with Gasteiger partial charge in [-0.25, -0.2) is 0 Å². The molecule has 3 heteroatoms. The van der Waals surface area contributed by atoms with Crippen LogP contribution in [0.5, 0.6) is 0 Å². The fraction of sp³-hybridized carbons (Fsp3) is 0.636. The highest BCUT2D eigenvalue weighted by Gasteiger charge is 2.09. The van der Waals surface area contributed by atoms with Crippen molar-refractivity contribution in [1.82, 2.24) is 0 Å². The average molecular weight is 225 g/mol. The van der Waals surface area contributed by atoms with Crippen molar-refractivity contribution in [3.05, 3.63) is 0 Å². The topological polar surface area (TPSA) is 20.2 Å². The van der Waals surface area contributed by atoms with E-state index in [-0.39, 0.29) is 0 Å². The number of aliphatic hydroxyl groups is 1. The lowest BCUT2D eigenvalue weighted by Crippen LogP contribution is -2.19. The molecule has 0 aromatic heterocycles. The Labute approximate surface area is 89.9 Å². The number of rotatable bonds is 0. The second kappa shape index (κ2) is 4.84. The normalized spacial score (nSPS) is 11.4. The smallest absolute Gasteiger partial charge is 0.175 e. The molecule has 0 saturated heterocycles. The predicted molar refractivity (Wildman–Crippen MR) is 68.3 cm³/mol. The summed E-state index contributed by atoms with van der Waals surface area (Å²) in [5, 5.41) is 9.47. The van der Waals surface area contributed by atoms with E-state index in [2.05, 4.69) is 62.2 Å². The molecule has 0 spiro atoms. The Morgan fingerprint density at radius 1 is 0.786 bits per heavy atom. The van der Waals surface area contributed by atoms with Crippen LogP contribution < -0.4 is 0 Å². The van der Waals surface area contributed by atoms with Crippen molar-refractivity contribution in [1.29, 1.82) is 0 Å². The van der Waals surface area contributed by atoms with Crippen LogP contribution in [0.4, 0.5) is 0 Å². The Balaban J connectivity index is 4.42. The van der Waals surface area contributed by atoms with Crippen molar-refractivity contribution >= 4 is 16.1 Å². The maximum absolute atomic E-state index is 9.47. The van der Waals surface area contributed by atoms with Crippen LogP contribution in [0, 0.1) is 22.9 Å². The summed E-state index contributed by atoms with van der Waals surface area (Å²) in [7, 11) is -2.74. The van der Waals surface area contributed by atoms with Crippen LogP contribution in [0.1, 0.15) is 0 Å². The monoisotopic (exact) mass is 225 g/mol. The van der Waals surface area contributed by atoms with Gasteiger partial charge in [0.15, 0.2) is 6.10 Å². The first-order valence-corrected chi connectivity index (χ1v) is 11.8. The van der Waals surface area contributed by atoms with Crippen LogP contribution in [0.3, 0.4) is 0 Å². The highest BCUT2D eigenvalue weighted by atomic mass is 28.3. The molecule has 1 nitrogen and oxygen atoms in total. The average Bonchev–Trinajstić information content (AvgIpc) is 1.94. The molecule has 0 heterocycles. The van der Waals surface area contributed by atoms with Gasteiger partial charge in [-0.15, -0.1) is 11.1 Å². The molecule has 0 amide bonds. The molecule has 0 rings (SSSR count). The summed E-state index contributed by atoms with van der Waals surface area (Å²) in [6, 6.07) is 0. The van der Waals surface area contributed by atoms with E-state index in [9.17, 15) is 5.11 Å². The van der Waals surface area contributed by atoms with Gasteiger partial charge in [0.1, 0.15) is 16.1 Å². The summed E-state index contributed by atoms with van der Waals surface area (Å²) in [4.78, 5) is 0. The lowest BCUT2D eigenvalue weighted by Gasteiger charge is -2.05. The molecule has 78 valence electrons. The molecule has 0 atom stereocenters. The zero-order chi connectivity index (χ0) is 11.4. The van der Waals surface area contributed by atoms with E-state index < -0.39 is 22.3 Å². The minimum atomic E-state index is -1.37. The summed E-state index contributed by atoms with van der Waals surface area (Å²) in [5.74, 6) is 5.62. The summed E-state index contributed by atoms with van der Waals surface area (Å²) in [5.41, 5.74) is 6.22. The summed E-state index contributed by atoms with van der Waals surface area (Å²) < 4.78 is 0. The Hall–Kier alpha value is -0.486. The third-order valence-corrected chi connectivity index (χ3v) is 2.96. The third-order valence-electron chi connectivity index (χ3n) is 1.17. The van der Waals surface area contributed by atoms with Gasteiger partial charge in [-0.1, -0.05) is 51.1 Å². The SMILES string of the molecule is C[Si](C)(C)C#C[13CH](O)C#C[Si](C)(C)C. The minimum absolute atomic E-state index is 0.756. The van der Waals surface area contributed by atoms with Gasteiger partial charge in [0, 0.05) is 0 Å². The van der Waals surface area contributed by atoms with Crippen molar-refractivity contribution < 1.29 is 5.11 Å². The van der Waals surface area contributed by atoms with E-state index in [1.54, 1.807) is 0 Å². The van der Waals surface area contributed by atoms with Gasteiger partial charge in [0.05, 0.1) is 0 Å². The molecule has 0 saturated carbocycles. The molecule has 0 bridgehead atoms. The van der Waals surface area contributed by atoms with Crippen LogP contribution >= 0.6 is 0 Å². The van der Waals surface area contributed by atoms with Gasteiger partial charge in [-0.2, -0.15) is 0 Å². The quantitative estimate of drug-likeness (QED) is 0.380. The molecule has 0 unspecified atom stereocenters. The largest absolute Gasteiger partial charge is 0.369 e. The van der Waals surface area contributed by atoms with E-state index in [0.717, 1.165) is 0 Å². The van der Waals surface area contributed by atoms with Gasteiger partial charge in [-0.05, 0) is 0 Å². The zero-order valence-corrected chi connectivity index (χ0v) is 12.0. The molecule has 0 aliphatic rings. The van der Waals surface area contributed by atoms with E-state index >= 15 is 0 Å². The summed E-state index contributed by atoms with van der Waals surface area (Å²) in [6.07, 6.45) is -0.756. The third kappa shape index (κ3) is 9.60. The molecule has 0 fully saturated rings. The van der Waals surface area contributed by atoms with Crippen molar-refractivity contribution in [2.24, 2.45) is 0 Å². The maximum atomic E-state index is 9.47. The Bertz CT molecular complexity index is 267. The van der Waals surface area contributed by atoms with Crippen LogP contribution in [-0.2, 0) is 0 Å². The van der Waals surface area contributed by atoms with E-state index in [0.29, 0.717) is 0 Å². The van der Waals surface area contributed by atoms with E-state index in [1.807, 2.05) is 0 Å². The van der Waals surface area contributed by atoms with Crippen molar-refractivity contribution in [3.8, 4) is 22.9 Å². The van der Waals surface area contributed by atoms with Crippen molar-refractivity contribution in [2.75, 3.05) is 0 Å². The Morgan fingerprint density at radius 3 is 1.29 bits per heavy atom. The summed E-state index contributed by atoms with van der Waals surface area (Å²) >= 11 is 0. The first kappa shape index (κ1) is 13.5. The van der Waals surface area contributed by atoms with Crippen molar-refractivity contribution in [3.63, 3.8) is 0 Å². The second-order valence-corrected chi connectivity index (χ2v) is 14.9. The van der Waals surface area contributed by atoms with E-state index in [4.69, 9.17) is 0 Å². The predicted octanol–water partition coefficient (Wildman–Crippen LogP) is 2.11. The highest BCUT2D eigenvalue weighted by molar-refractivity contribution is 6.84. The van der Waals surface area contributed by atoms with Crippen LogP contribution in [0.2, 0.25) is 39.3 Å². The first-order valence-electron chi connectivity index (χ1n) is 4.84. The van der Waals surface area contributed by atoms with Gasteiger partial charge < -0.3 is 5.11 Å². The fourth-order valence-electron chi connectivity index (χ4n) is 0.606. The molecule has 14 heavy (non-hydrogen) atoms. The lowest BCUT2D eigenvalue weighted by atomic mass is 10.8. The number of aliphatic hydroxyl groups excluding tert-OH is 1. The summed E-state index contributed by atoms with van der Waals surface area (Å²) in [6.45, 7) is 12.9. The van der Waals surface area contributed by atoms with Crippen molar-refractivity contribution in [2.45, 2.75) is 45.4 Å². The van der Waals surface area contributed by atoms with E-state index in [1.165, 1.54) is 0 Å². The van der Waals surface area contributed by atoms with Crippen LogP contribution in [-0.4, -0.2) is 27.4 Å². The molecular weight excluding hydrogens is 205 g/mol. The molecule has 0 aliphatic heterocycles. The fourth-order valence-corrected chi connectivity index (χ4v) is 1.75. The standard InChI is InChI=1S/C11H20OSi2/c1-13(2,3)9-7-11(12)8-10-14(4,5)6/h11-12H,1-6H3/i11+1. The minimum Gasteiger partial charge on any atom is -0.369 e. The zero-order valence-electron chi connectivity index (χ0n) is 10.0. The Kier molecular flexibility index (Phi) is 4.67. The van der Waals surface area contributed by atoms with Gasteiger partial charge >= 0.3 is 0 Å². The lowest BCUT2D eigenvalue weighted by molar-refractivity contribution is 0.290. The van der Waals surface area contributed by atoms with Gasteiger partial charge in [-0.3, -0.25) is 0 Å². The highest BCUT2D eigenvalue weighted by Crippen LogP contribution is 1.98. The molecular formula is C11H20OSi2. The number of hydrogen-bond acceptors (Lipinski definition) is 1. The number of hydrogen-bond donors (Lipinski definition) is 1. The Morgan fingerprint density at radius 2 is 1.07 bits per heavy atom. The molecule has 1 N–H and O–H groups in total. The molecule has 0 aliphatic carbocycles. The van der Waals surface area contributed by atoms with Gasteiger partial charge in [0.25, 0.3) is 0 Å².